The van der Waals surface area contributed by atoms with E-state index in [1.807, 2.05) is 0 Å². The van der Waals surface area contributed by atoms with Crippen LogP contribution in [-0.4, -0.2) is 36.9 Å². The van der Waals surface area contributed by atoms with Crippen LogP contribution in [0, 0.1) is 11.8 Å². The van der Waals surface area contributed by atoms with Gasteiger partial charge in [0.25, 0.3) is 0 Å². The summed E-state index contributed by atoms with van der Waals surface area (Å²) in [5.74, 6) is -0.324. The molecule has 18 heavy (non-hydrogen) atoms. The lowest BCUT2D eigenvalue weighted by molar-refractivity contribution is -0.147. The first kappa shape index (κ1) is 15.1. The maximum Gasteiger partial charge on any atom is 0.407 e. The number of hydrogen-bond donors (Lipinski definition) is 1. The fourth-order valence-electron chi connectivity index (χ4n) is 2.48. The molecule has 5 nitrogen and oxygen atoms in total. The average Bonchev–Trinajstić information content (AvgIpc) is 2.74. The van der Waals surface area contributed by atoms with Crippen LogP contribution in [0.15, 0.2) is 0 Å². The van der Waals surface area contributed by atoms with Gasteiger partial charge in [-0.3, -0.25) is 4.79 Å². The lowest BCUT2D eigenvalue weighted by Crippen LogP contribution is -2.41. The Labute approximate surface area is 112 Å². The Balaban J connectivity index is 2.86. The highest BCUT2D eigenvalue weighted by Gasteiger charge is 2.47. The molecule has 4 unspecified atom stereocenters. The Morgan fingerprint density at radius 2 is 1.83 bits per heavy atom. The molecule has 1 saturated heterocycles. The molecule has 6 heteroatoms. The van der Waals surface area contributed by atoms with Crippen molar-refractivity contribution in [1.29, 1.82) is 0 Å². The first-order valence-corrected chi connectivity index (χ1v) is 7.11. The normalized spacial score (nSPS) is 30.9. The van der Waals surface area contributed by atoms with Gasteiger partial charge in [0, 0.05) is 5.25 Å². The monoisotopic (exact) mass is 275 g/mol. The van der Waals surface area contributed by atoms with Crippen LogP contribution in [0.5, 0.6) is 0 Å². The number of methoxy groups -OCH3 is 2. The summed E-state index contributed by atoms with van der Waals surface area (Å²) >= 11 is 1.63. The first-order chi connectivity index (χ1) is 8.58. The van der Waals surface area contributed by atoms with Gasteiger partial charge in [0.15, 0.2) is 0 Å². The number of hydrogen-bond acceptors (Lipinski definition) is 5. The molecule has 1 aliphatic heterocycles. The van der Waals surface area contributed by atoms with Crippen LogP contribution in [0.25, 0.3) is 0 Å². The molecule has 1 amide bonds. The molecule has 0 aromatic carbocycles. The van der Waals surface area contributed by atoms with E-state index >= 15 is 0 Å². The van der Waals surface area contributed by atoms with E-state index in [1.54, 1.807) is 11.8 Å². The molecule has 0 bridgehead atoms. The van der Waals surface area contributed by atoms with Crippen molar-refractivity contribution in [2.24, 2.45) is 11.8 Å². The summed E-state index contributed by atoms with van der Waals surface area (Å²) in [4.78, 5) is 23.2. The molecule has 0 aromatic rings. The maximum absolute atomic E-state index is 11.9. The van der Waals surface area contributed by atoms with Crippen molar-refractivity contribution in [2.45, 2.75) is 37.3 Å². The molecule has 1 N–H and O–H groups in total. The van der Waals surface area contributed by atoms with Crippen LogP contribution in [0.1, 0.15) is 26.7 Å². The molecule has 1 heterocycles. The molecule has 1 fully saturated rings. The zero-order valence-electron chi connectivity index (χ0n) is 11.3. The molecule has 104 valence electrons. The highest BCUT2D eigenvalue weighted by molar-refractivity contribution is 8.00. The second kappa shape index (κ2) is 6.87. The lowest BCUT2D eigenvalue weighted by atomic mass is 9.86. The zero-order chi connectivity index (χ0) is 13.7. The van der Waals surface area contributed by atoms with E-state index in [9.17, 15) is 9.59 Å². The molecular formula is C12H21NO4S. The number of nitrogens with one attached hydrogen (secondary N) is 1. The number of alkyl carbamates (subject to hydrolysis) is 1. The Kier molecular flexibility index (Phi) is 5.78. The molecule has 0 spiro atoms. The fraction of sp³-hybridized carbons (Fsp3) is 0.833. The lowest BCUT2D eigenvalue weighted by Gasteiger charge is -2.22. The molecule has 4 atom stereocenters. The summed E-state index contributed by atoms with van der Waals surface area (Å²) in [6, 6.07) is 0. The van der Waals surface area contributed by atoms with Gasteiger partial charge in [-0.25, -0.2) is 4.79 Å². The number of rotatable bonds is 4. The van der Waals surface area contributed by atoms with E-state index in [2.05, 4.69) is 23.9 Å². The minimum Gasteiger partial charge on any atom is -0.469 e. The minimum absolute atomic E-state index is 0.231. The number of amides is 1. The van der Waals surface area contributed by atoms with Gasteiger partial charge < -0.3 is 14.8 Å². The van der Waals surface area contributed by atoms with Crippen LogP contribution >= 0.6 is 11.8 Å². The summed E-state index contributed by atoms with van der Waals surface area (Å²) in [7, 11) is 2.70. The molecule has 1 rings (SSSR count). The number of thioether (sulfide) groups is 1. The van der Waals surface area contributed by atoms with E-state index in [1.165, 1.54) is 14.2 Å². The van der Waals surface area contributed by atoms with Gasteiger partial charge in [-0.1, -0.05) is 20.3 Å². The SMILES string of the molecule is CCC1SC(NC(=O)OC)C(C(=O)OC)C1CC. The Morgan fingerprint density at radius 1 is 1.17 bits per heavy atom. The highest BCUT2D eigenvalue weighted by Crippen LogP contribution is 2.45. The minimum atomic E-state index is -0.506. The van der Waals surface area contributed by atoms with Crippen molar-refractivity contribution in [2.75, 3.05) is 14.2 Å². The van der Waals surface area contributed by atoms with E-state index in [0.717, 1.165) is 12.8 Å². The molecule has 1 aliphatic rings. The van der Waals surface area contributed by atoms with E-state index in [0.29, 0.717) is 5.25 Å². The summed E-state index contributed by atoms with van der Waals surface area (Å²) in [5, 5.41) is 2.82. The predicted molar refractivity (Wildman–Crippen MR) is 70.3 cm³/mol. The van der Waals surface area contributed by atoms with Gasteiger partial charge >= 0.3 is 12.1 Å². The molecular weight excluding hydrogens is 254 g/mol. The van der Waals surface area contributed by atoms with Crippen molar-refractivity contribution in [1.82, 2.24) is 5.32 Å². The van der Waals surface area contributed by atoms with Crippen LogP contribution in [-0.2, 0) is 14.3 Å². The topological polar surface area (TPSA) is 64.6 Å². The first-order valence-electron chi connectivity index (χ1n) is 6.16. The highest BCUT2D eigenvalue weighted by atomic mass is 32.2. The van der Waals surface area contributed by atoms with Gasteiger partial charge in [-0.2, -0.15) is 0 Å². The molecule has 0 saturated carbocycles. The van der Waals surface area contributed by atoms with Crippen molar-refractivity contribution >= 4 is 23.8 Å². The number of ether oxygens (including phenoxy) is 2. The summed E-state index contributed by atoms with van der Waals surface area (Å²) in [6.07, 6.45) is 1.36. The third kappa shape index (κ3) is 3.10. The van der Waals surface area contributed by atoms with Crippen LogP contribution < -0.4 is 5.32 Å². The van der Waals surface area contributed by atoms with Gasteiger partial charge in [-0.05, 0) is 12.3 Å². The van der Waals surface area contributed by atoms with Gasteiger partial charge in [0.1, 0.15) is 0 Å². The second-order valence-corrected chi connectivity index (χ2v) is 5.65. The van der Waals surface area contributed by atoms with Crippen molar-refractivity contribution in [3.63, 3.8) is 0 Å². The fourth-order valence-corrected chi connectivity index (χ4v) is 4.26. The van der Waals surface area contributed by atoms with Crippen molar-refractivity contribution in [3.8, 4) is 0 Å². The second-order valence-electron chi connectivity index (χ2n) is 4.26. The third-order valence-corrected chi connectivity index (χ3v) is 5.12. The van der Waals surface area contributed by atoms with Crippen molar-refractivity contribution < 1.29 is 19.1 Å². The maximum atomic E-state index is 11.9. The standard InChI is InChI=1S/C12H21NO4S/c1-5-7-8(6-2)18-10(13-12(15)17-4)9(7)11(14)16-3/h7-10H,5-6H2,1-4H3,(H,13,15). The average molecular weight is 275 g/mol. The summed E-state index contributed by atoms with van der Waals surface area (Å²) in [5.41, 5.74) is 0. The van der Waals surface area contributed by atoms with Crippen molar-refractivity contribution in [3.05, 3.63) is 0 Å². The molecule has 0 aliphatic carbocycles. The van der Waals surface area contributed by atoms with Gasteiger partial charge in [-0.15, -0.1) is 11.8 Å². The molecule has 0 aromatic heterocycles. The van der Waals surface area contributed by atoms with Gasteiger partial charge in [0.05, 0.1) is 25.5 Å². The zero-order valence-corrected chi connectivity index (χ0v) is 12.1. The van der Waals surface area contributed by atoms with Gasteiger partial charge in [0.2, 0.25) is 0 Å². The Bertz CT molecular complexity index is 310. The Hall–Kier alpha value is -0.910. The van der Waals surface area contributed by atoms with Crippen LogP contribution in [0.3, 0.4) is 0 Å². The van der Waals surface area contributed by atoms with E-state index in [-0.39, 0.29) is 23.2 Å². The third-order valence-electron chi connectivity index (χ3n) is 3.38. The quantitative estimate of drug-likeness (QED) is 0.795. The largest absolute Gasteiger partial charge is 0.469 e. The number of carbonyl (C=O) groups is 2. The number of esters is 1. The summed E-state index contributed by atoms with van der Waals surface area (Å²) < 4.78 is 9.46. The summed E-state index contributed by atoms with van der Waals surface area (Å²) in [6.45, 7) is 4.15. The van der Waals surface area contributed by atoms with E-state index < -0.39 is 6.09 Å². The number of carbonyl (C=O) groups excluding carboxylic acids is 2. The van der Waals surface area contributed by atoms with Crippen LogP contribution in [0.4, 0.5) is 4.79 Å². The van der Waals surface area contributed by atoms with E-state index in [4.69, 9.17) is 4.74 Å². The van der Waals surface area contributed by atoms with Crippen LogP contribution in [0.2, 0.25) is 0 Å². The smallest absolute Gasteiger partial charge is 0.407 e. The Morgan fingerprint density at radius 3 is 2.28 bits per heavy atom. The predicted octanol–water partition coefficient (Wildman–Crippen LogP) is 2.01. The molecule has 0 radical (unpaired) electrons.